The number of fused-ring (bicyclic) bond motifs is 1. The van der Waals surface area contributed by atoms with Crippen LogP contribution >= 0.6 is 0 Å². The Labute approximate surface area is 179 Å². The van der Waals surface area contributed by atoms with Gasteiger partial charge in [0.25, 0.3) is 0 Å². The number of benzene rings is 2. The molecule has 2 aromatic heterocycles. The number of anilines is 1. The van der Waals surface area contributed by atoms with Crippen LogP contribution in [0.4, 0.5) is 5.82 Å². The van der Waals surface area contributed by atoms with Crippen molar-refractivity contribution in [2.24, 2.45) is 0 Å². The van der Waals surface area contributed by atoms with Crippen molar-refractivity contribution in [3.8, 4) is 0 Å². The molecular weight excluding hydrogens is 394 g/mol. The zero-order valence-corrected chi connectivity index (χ0v) is 16.7. The van der Waals surface area contributed by atoms with E-state index in [1.165, 1.54) is 6.33 Å². The second-order valence-electron chi connectivity index (χ2n) is 7.56. The summed E-state index contributed by atoms with van der Waals surface area (Å²) in [6.45, 7) is -0.234. The van der Waals surface area contributed by atoms with Crippen LogP contribution in [0.25, 0.3) is 11.2 Å². The molecule has 1 fully saturated rings. The van der Waals surface area contributed by atoms with E-state index in [0.29, 0.717) is 23.4 Å². The first-order chi connectivity index (χ1) is 15.2. The van der Waals surface area contributed by atoms with Gasteiger partial charge in [0.2, 0.25) is 0 Å². The van der Waals surface area contributed by atoms with Gasteiger partial charge in [0.1, 0.15) is 18.7 Å². The zero-order valence-electron chi connectivity index (χ0n) is 16.7. The van der Waals surface area contributed by atoms with Gasteiger partial charge in [-0.1, -0.05) is 60.7 Å². The van der Waals surface area contributed by atoms with Crippen LogP contribution in [-0.2, 0) is 4.74 Å². The molecule has 0 spiro atoms. The summed E-state index contributed by atoms with van der Waals surface area (Å²) in [6.07, 6.45) is 1.71. The molecule has 8 nitrogen and oxygen atoms in total. The van der Waals surface area contributed by atoms with Gasteiger partial charge in [0, 0.05) is 6.42 Å². The number of ether oxygens (including phenoxy) is 1. The average molecular weight is 417 g/mol. The second-order valence-corrected chi connectivity index (χ2v) is 7.56. The Morgan fingerprint density at radius 2 is 1.68 bits per heavy atom. The Morgan fingerprint density at radius 1 is 1.00 bits per heavy atom. The van der Waals surface area contributed by atoms with Crippen LogP contribution in [0.2, 0.25) is 0 Å². The standard InChI is InChI=1S/C23H23N5O3/c29-12-18-17(30)11-19(31-18)28-14-26-21-22(24-13-25-23(21)28)27-20(15-7-3-1-4-8-15)16-9-5-2-6-10-16/h1-10,13-14,17-20,29-30H,11-12H2,(H,24,25,27)/t17?,18-,19-/m1/s1. The Hall–Kier alpha value is -3.33. The molecule has 0 bridgehead atoms. The quantitative estimate of drug-likeness (QED) is 0.443. The Morgan fingerprint density at radius 3 is 2.29 bits per heavy atom. The van der Waals surface area contributed by atoms with E-state index in [1.54, 1.807) is 10.9 Å². The topological polar surface area (TPSA) is 105 Å². The van der Waals surface area contributed by atoms with Gasteiger partial charge in [-0.05, 0) is 11.1 Å². The van der Waals surface area contributed by atoms with Crippen molar-refractivity contribution in [1.29, 1.82) is 0 Å². The van der Waals surface area contributed by atoms with Crippen molar-refractivity contribution in [2.45, 2.75) is 30.9 Å². The summed E-state index contributed by atoms with van der Waals surface area (Å²) in [5.41, 5.74) is 3.43. The predicted molar refractivity (Wildman–Crippen MR) is 115 cm³/mol. The summed E-state index contributed by atoms with van der Waals surface area (Å²) in [5.74, 6) is 0.610. The summed E-state index contributed by atoms with van der Waals surface area (Å²) < 4.78 is 7.56. The van der Waals surface area contributed by atoms with Gasteiger partial charge in [-0.15, -0.1) is 0 Å². The van der Waals surface area contributed by atoms with Crippen molar-refractivity contribution >= 4 is 17.0 Å². The summed E-state index contributed by atoms with van der Waals surface area (Å²) in [5, 5.41) is 23.0. The monoisotopic (exact) mass is 417 g/mol. The van der Waals surface area contributed by atoms with Crippen LogP contribution < -0.4 is 5.32 Å². The highest BCUT2D eigenvalue weighted by molar-refractivity contribution is 5.83. The van der Waals surface area contributed by atoms with Gasteiger partial charge in [-0.2, -0.15) is 0 Å². The van der Waals surface area contributed by atoms with Crippen LogP contribution in [0.3, 0.4) is 0 Å². The Balaban J connectivity index is 1.51. The van der Waals surface area contributed by atoms with Gasteiger partial charge >= 0.3 is 0 Å². The summed E-state index contributed by atoms with van der Waals surface area (Å²) in [4.78, 5) is 13.4. The molecule has 5 rings (SSSR count). The number of imidazole rings is 1. The number of aliphatic hydroxyl groups excluding tert-OH is 2. The number of hydrogen-bond acceptors (Lipinski definition) is 7. The summed E-state index contributed by atoms with van der Waals surface area (Å²) in [7, 11) is 0. The van der Waals surface area contributed by atoms with Crippen molar-refractivity contribution in [2.75, 3.05) is 11.9 Å². The smallest absolute Gasteiger partial charge is 0.167 e. The first-order valence-electron chi connectivity index (χ1n) is 10.2. The van der Waals surface area contributed by atoms with E-state index in [4.69, 9.17) is 4.74 Å². The van der Waals surface area contributed by atoms with Crippen LogP contribution in [0.15, 0.2) is 73.3 Å². The lowest BCUT2D eigenvalue weighted by atomic mass is 9.99. The van der Waals surface area contributed by atoms with E-state index in [-0.39, 0.29) is 12.6 Å². The molecule has 0 amide bonds. The first-order valence-corrected chi connectivity index (χ1v) is 10.2. The third-order valence-electron chi connectivity index (χ3n) is 5.60. The fraction of sp³-hybridized carbons (Fsp3) is 0.261. The molecule has 158 valence electrons. The molecule has 31 heavy (non-hydrogen) atoms. The van der Waals surface area contributed by atoms with Crippen molar-refractivity contribution in [1.82, 2.24) is 19.5 Å². The van der Waals surface area contributed by atoms with Gasteiger partial charge in [-0.25, -0.2) is 15.0 Å². The number of rotatable bonds is 6. The number of aromatic nitrogens is 4. The minimum Gasteiger partial charge on any atom is -0.394 e. The predicted octanol–water partition coefficient (Wildman–Crippen LogP) is 2.67. The second kappa shape index (κ2) is 8.43. The number of aliphatic hydroxyl groups is 2. The van der Waals surface area contributed by atoms with Crippen LogP contribution in [0.5, 0.6) is 0 Å². The highest BCUT2D eigenvalue weighted by Crippen LogP contribution is 2.33. The lowest BCUT2D eigenvalue weighted by molar-refractivity contribution is -0.0432. The molecule has 4 aromatic rings. The average Bonchev–Trinajstić information content (AvgIpc) is 3.42. The maximum absolute atomic E-state index is 10.1. The lowest BCUT2D eigenvalue weighted by Crippen LogP contribution is -2.24. The third-order valence-corrected chi connectivity index (χ3v) is 5.60. The summed E-state index contributed by atoms with van der Waals surface area (Å²) >= 11 is 0. The molecule has 0 saturated carbocycles. The van der Waals surface area contributed by atoms with Crippen LogP contribution in [-0.4, -0.2) is 48.5 Å². The fourth-order valence-electron chi connectivity index (χ4n) is 4.01. The highest BCUT2D eigenvalue weighted by atomic mass is 16.5. The molecule has 3 N–H and O–H groups in total. The number of hydrogen-bond donors (Lipinski definition) is 3. The molecule has 1 aliphatic rings. The minimum absolute atomic E-state index is 0.117. The van der Waals surface area contributed by atoms with E-state index < -0.39 is 18.4 Å². The Kier molecular flexibility index (Phi) is 5.33. The molecule has 0 radical (unpaired) electrons. The van der Waals surface area contributed by atoms with Crippen molar-refractivity contribution < 1.29 is 14.9 Å². The van der Waals surface area contributed by atoms with Gasteiger partial charge < -0.3 is 20.3 Å². The number of nitrogens with one attached hydrogen (secondary N) is 1. The maximum atomic E-state index is 10.1. The van der Waals surface area contributed by atoms with E-state index >= 15 is 0 Å². The van der Waals surface area contributed by atoms with Crippen LogP contribution in [0.1, 0.15) is 29.8 Å². The molecule has 2 aromatic carbocycles. The lowest BCUT2D eigenvalue weighted by Gasteiger charge is -2.20. The van der Waals surface area contributed by atoms with E-state index in [9.17, 15) is 10.2 Å². The fourth-order valence-corrected chi connectivity index (χ4v) is 4.01. The SMILES string of the molecule is OC[C@H]1O[C@@H](n2cnc3c(NC(c4ccccc4)c4ccccc4)ncnc32)CC1O. The Bertz CT molecular complexity index is 1110. The van der Waals surface area contributed by atoms with Gasteiger partial charge in [0.05, 0.1) is 25.1 Å². The molecule has 3 atom stereocenters. The molecule has 0 aliphatic carbocycles. The van der Waals surface area contributed by atoms with Crippen molar-refractivity contribution in [3.63, 3.8) is 0 Å². The van der Waals surface area contributed by atoms with E-state index in [0.717, 1.165) is 11.1 Å². The van der Waals surface area contributed by atoms with Gasteiger partial charge in [0.15, 0.2) is 17.0 Å². The normalized spacial score (nSPS) is 21.1. The number of nitrogens with zero attached hydrogens (tertiary/aromatic N) is 4. The van der Waals surface area contributed by atoms with Crippen LogP contribution in [0, 0.1) is 0 Å². The molecule has 1 saturated heterocycles. The summed E-state index contributed by atoms with van der Waals surface area (Å²) in [6, 6.07) is 20.2. The van der Waals surface area contributed by atoms with E-state index in [2.05, 4.69) is 44.5 Å². The van der Waals surface area contributed by atoms with Crippen molar-refractivity contribution in [3.05, 3.63) is 84.4 Å². The largest absolute Gasteiger partial charge is 0.394 e. The minimum atomic E-state index is -0.729. The third kappa shape index (κ3) is 3.76. The zero-order chi connectivity index (χ0) is 21.2. The first kappa shape index (κ1) is 19.6. The van der Waals surface area contributed by atoms with E-state index in [1.807, 2.05) is 36.4 Å². The molecule has 3 heterocycles. The molecule has 1 unspecified atom stereocenters. The highest BCUT2D eigenvalue weighted by Gasteiger charge is 2.35. The molecule has 1 aliphatic heterocycles. The molecular formula is C23H23N5O3. The van der Waals surface area contributed by atoms with Gasteiger partial charge in [-0.3, -0.25) is 4.57 Å². The molecule has 8 heteroatoms. The maximum Gasteiger partial charge on any atom is 0.167 e.